The van der Waals surface area contributed by atoms with Crippen molar-refractivity contribution < 1.29 is 14.6 Å². The van der Waals surface area contributed by atoms with Crippen LogP contribution in [-0.2, 0) is 6.54 Å². The van der Waals surface area contributed by atoms with Gasteiger partial charge in [0.2, 0.25) is 0 Å². The minimum Gasteiger partial charge on any atom is -0.491 e. The van der Waals surface area contributed by atoms with Gasteiger partial charge >= 0.3 is 6.03 Å². The van der Waals surface area contributed by atoms with E-state index in [2.05, 4.69) is 10.6 Å². The number of hydrogen-bond acceptors (Lipinski definition) is 3. The maximum atomic E-state index is 11.9. The molecule has 1 saturated carbocycles. The fraction of sp³-hybridized carbons (Fsp3) is 0.562. The predicted molar refractivity (Wildman–Crippen MR) is 81.3 cm³/mol. The van der Waals surface area contributed by atoms with Crippen LogP contribution < -0.4 is 15.4 Å². The molecule has 1 aromatic rings. The highest BCUT2D eigenvalue weighted by Gasteiger charge is 2.15. The SMILES string of the molecule is O=C(NCc1ccccc1OCCO)NC1CCCCC1. The van der Waals surface area contributed by atoms with Gasteiger partial charge in [-0.2, -0.15) is 0 Å². The molecule has 0 aliphatic heterocycles. The van der Waals surface area contributed by atoms with Gasteiger partial charge in [-0.15, -0.1) is 0 Å². The number of ether oxygens (including phenoxy) is 1. The monoisotopic (exact) mass is 292 g/mol. The molecule has 0 spiro atoms. The molecule has 0 saturated heterocycles. The van der Waals surface area contributed by atoms with Crippen molar-refractivity contribution in [3.8, 4) is 5.75 Å². The Morgan fingerprint density at radius 3 is 2.76 bits per heavy atom. The summed E-state index contributed by atoms with van der Waals surface area (Å²) in [7, 11) is 0. The predicted octanol–water partition coefficient (Wildman–Crippen LogP) is 2.19. The van der Waals surface area contributed by atoms with Crippen LogP contribution in [0.2, 0.25) is 0 Å². The summed E-state index contributed by atoms with van der Waals surface area (Å²) in [6.45, 7) is 0.648. The van der Waals surface area contributed by atoms with Crippen molar-refractivity contribution in [2.24, 2.45) is 0 Å². The molecule has 3 N–H and O–H groups in total. The smallest absolute Gasteiger partial charge is 0.315 e. The molecule has 0 atom stereocenters. The summed E-state index contributed by atoms with van der Waals surface area (Å²) in [5.74, 6) is 0.699. The van der Waals surface area contributed by atoms with Crippen LogP contribution in [0.15, 0.2) is 24.3 Å². The van der Waals surface area contributed by atoms with E-state index in [1.807, 2.05) is 24.3 Å². The number of amides is 2. The average molecular weight is 292 g/mol. The van der Waals surface area contributed by atoms with E-state index in [0.717, 1.165) is 18.4 Å². The van der Waals surface area contributed by atoms with Gasteiger partial charge in [-0.3, -0.25) is 0 Å². The zero-order chi connectivity index (χ0) is 14.9. The van der Waals surface area contributed by atoms with Crippen LogP contribution in [0.5, 0.6) is 5.75 Å². The number of hydrogen-bond donors (Lipinski definition) is 3. The lowest BCUT2D eigenvalue weighted by molar-refractivity contribution is 0.200. The fourth-order valence-electron chi connectivity index (χ4n) is 2.61. The van der Waals surface area contributed by atoms with E-state index in [9.17, 15) is 4.79 Å². The summed E-state index contributed by atoms with van der Waals surface area (Å²) in [6, 6.07) is 7.71. The molecule has 2 amide bonds. The van der Waals surface area contributed by atoms with E-state index in [4.69, 9.17) is 9.84 Å². The molecule has 5 nitrogen and oxygen atoms in total. The minimum absolute atomic E-state index is 0.0239. The minimum atomic E-state index is -0.126. The van der Waals surface area contributed by atoms with Gasteiger partial charge in [0.05, 0.1) is 6.61 Å². The molecular formula is C16H24N2O3. The normalized spacial score (nSPS) is 15.5. The van der Waals surface area contributed by atoms with Gasteiger partial charge in [0.25, 0.3) is 0 Å². The quantitative estimate of drug-likeness (QED) is 0.752. The number of urea groups is 1. The molecule has 0 aromatic heterocycles. The highest BCUT2D eigenvalue weighted by Crippen LogP contribution is 2.18. The third-order valence-corrected chi connectivity index (χ3v) is 3.70. The molecule has 0 radical (unpaired) electrons. The molecule has 1 aliphatic carbocycles. The van der Waals surface area contributed by atoms with Crippen LogP contribution in [0.25, 0.3) is 0 Å². The van der Waals surface area contributed by atoms with Gasteiger partial charge in [0.1, 0.15) is 12.4 Å². The third kappa shape index (κ3) is 5.27. The Kier molecular flexibility index (Phi) is 6.34. The Morgan fingerprint density at radius 1 is 1.24 bits per heavy atom. The molecular weight excluding hydrogens is 268 g/mol. The molecule has 1 aliphatic rings. The van der Waals surface area contributed by atoms with Crippen LogP contribution in [0.1, 0.15) is 37.7 Å². The molecule has 0 bridgehead atoms. The van der Waals surface area contributed by atoms with Crippen molar-refractivity contribution in [3.05, 3.63) is 29.8 Å². The van der Waals surface area contributed by atoms with Gasteiger partial charge < -0.3 is 20.5 Å². The van der Waals surface area contributed by atoms with Crippen molar-refractivity contribution in [2.45, 2.75) is 44.7 Å². The number of nitrogens with one attached hydrogen (secondary N) is 2. The number of benzene rings is 1. The van der Waals surface area contributed by atoms with Crippen LogP contribution in [-0.4, -0.2) is 30.4 Å². The summed E-state index contributed by atoms with van der Waals surface area (Å²) in [4.78, 5) is 11.9. The second kappa shape index (κ2) is 8.52. The Labute approximate surface area is 125 Å². The lowest BCUT2D eigenvalue weighted by Crippen LogP contribution is -2.42. The summed E-state index contributed by atoms with van der Waals surface area (Å²) in [6.07, 6.45) is 5.81. The largest absolute Gasteiger partial charge is 0.491 e. The number of rotatable bonds is 6. The highest BCUT2D eigenvalue weighted by molar-refractivity contribution is 5.74. The van der Waals surface area contributed by atoms with Gasteiger partial charge in [-0.25, -0.2) is 4.79 Å². The van der Waals surface area contributed by atoms with Gasteiger partial charge in [0, 0.05) is 18.2 Å². The second-order valence-electron chi connectivity index (χ2n) is 5.34. The van der Waals surface area contributed by atoms with Gasteiger partial charge in [-0.05, 0) is 18.9 Å². The Morgan fingerprint density at radius 2 is 2.00 bits per heavy atom. The Hall–Kier alpha value is -1.75. The van der Waals surface area contributed by atoms with Crippen LogP contribution >= 0.6 is 0 Å². The molecule has 1 fully saturated rings. The van der Waals surface area contributed by atoms with Crippen molar-refractivity contribution in [3.63, 3.8) is 0 Å². The van der Waals surface area contributed by atoms with Crippen molar-refractivity contribution in [1.82, 2.24) is 10.6 Å². The standard InChI is InChI=1S/C16H24N2O3/c19-10-11-21-15-9-5-4-6-13(15)12-17-16(20)18-14-7-2-1-3-8-14/h4-6,9,14,19H,1-3,7-8,10-12H2,(H2,17,18,20). The lowest BCUT2D eigenvalue weighted by atomic mass is 9.96. The zero-order valence-corrected chi connectivity index (χ0v) is 12.3. The number of aliphatic hydroxyl groups is 1. The number of carbonyl (C=O) groups excluding carboxylic acids is 1. The fourth-order valence-corrected chi connectivity index (χ4v) is 2.61. The molecule has 2 rings (SSSR count). The lowest BCUT2D eigenvalue weighted by Gasteiger charge is -2.23. The van der Waals surface area contributed by atoms with E-state index < -0.39 is 0 Å². The third-order valence-electron chi connectivity index (χ3n) is 3.70. The summed E-state index contributed by atoms with van der Waals surface area (Å²) in [5.41, 5.74) is 0.907. The van der Waals surface area contributed by atoms with Gasteiger partial charge in [-0.1, -0.05) is 37.5 Å². The maximum Gasteiger partial charge on any atom is 0.315 e. The van der Waals surface area contributed by atoms with E-state index in [1.165, 1.54) is 19.3 Å². The van der Waals surface area contributed by atoms with Crippen molar-refractivity contribution >= 4 is 6.03 Å². The van der Waals surface area contributed by atoms with Gasteiger partial charge in [0.15, 0.2) is 0 Å². The molecule has 116 valence electrons. The molecule has 5 heteroatoms. The topological polar surface area (TPSA) is 70.6 Å². The van der Waals surface area contributed by atoms with E-state index in [-0.39, 0.29) is 19.2 Å². The molecule has 0 unspecified atom stereocenters. The number of carbonyl (C=O) groups is 1. The van der Waals surface area contributed by atoms with Crippen molar-refractivity contribution in [2.75, 3.05) is 13.2 Å². The second-order valence-corrected chi connectivity index (χ2v) is 5.34. The molecule has 21 heavy (non-hydrogen) atoms. The highest BCUT2D eigenvalue weighted by atomic mass is 16.5. The first-order chi connectivity index (χ1) is 10.3. The zero-order valence-electron chi connectivity index (χ0n) is 12.3. The summed E-state index contributed by atoms with van der Waals surface area (Å²) >= 11 is 0. The number of para-hydroxylation sites is 1. The first-order valence-corrected chi connectivity index (χ1v) is 7.65. The Balaban J connectivity index is 1.80. The first-order valence-electron chi connectivity index (χ1n) is 7.65. The maximum absolute atomic E-state index is 11.9. The molecule has 1 aromatic carbocycles. The van der Waals surface area contributed by atoms with Crippen LogP contribution in [0.4, 0.5) is 4.79 Å². The van der Waals surface area contributed by atoms with Crippen molar-refractivity contribution in [1.29, 1.82) is 0 Å². The van der Waals surface area contributed by atoms with Crippen LogP contribution in [0, 0.1) is 0 Å². The summed E-state index contributed by atoms with van der Waals surface area (Å²) < 4.78 is 5.45. The van der Waals surface area contributed by atoms with Crippen LogP contribution in [0.3, 0.4) is 0 Å². The van der Waals surface area contributed by atoms with E-state index in [0.29, 0.717) is 18.3 Å². The Bertz CT molecular complexity index is 445. The number of aliphatic hydroxyl groups excluding tert-OH is 1. The summed E-state index contributed by atoms with van der Waals surface area (Å²) in [5, 5.41) is 14.7. The molecule has 0 heterocycles. The average Bonchev–Trinajstić information content (AvgIpc) is 2.52. The first kappa shape index (κ1) is 15.6. The van der Waals surface area contributed by atoms with E-state index >= 15 is 0 Å². The van der Waals surface area contributed by atoms with E-state index in [1.54, 1.807) is 0 Å².